The number of carbonyl (C=O) groups is 2. The van der Waals surface area contributed by atoms with Crippen LogP contribution in [0.15, 0.2) is 0 Å². The third-order valence-electron chi connectivity index (χ3n) is 4.57. The van der Waals surface area contributed by atoms with Crippen LogP contribution in [0.4, 0.5) is 0 Å². The molecule has 2 aliphatic rings. The highest BCUT2D eigenvalue weighted by Gasteiger charge is 2.32. The van der Waals surface area contributed by atoms with Crippen molar-refractivity contribution in [3.8, 4) is 0 Å². The topological polar surface area (TPSA) is 53.1 Å². The zero-order chi connectivity index (χ0) is 15.2. The molecule has 0 aliphatic carbocycles. The van der Waals surface area contributed by atoms with Gasteiger partial charge in [-0.15, -0.1) is 0 Å². The summed E-state index contributed by atoms with van der Waals surface area (Å²) in [5.74, 6) is 0.150. The number of amides is 1. The molecule has 2 heterocycles. The number of rotatable bonds is 5. The lowest BCUT2D eigenvalue weighted by Gasteiger charge is -2.36. The average Bonchev–Trinajstić information content (AvgIpc) is 2.93. The van der Waals surface area contributed by atoms with E-state index in [0.717, 1.165) is 58.5 Å². The van der Waals surface area contributed by atoms with Crippen LogP contribution in [0.5, 0.6) is 0 Å². The Hall–Kier alpha value is -1.14. The normalized spacial score (nSPS) is 24.3. The van der Waals surface area contributed by atoms with E-state index in [1.807, 2.05) is 11.9 Å². The summed E-state index contributed by atoms with van der Waals surface area (Å²) in [6.07, 6.45) is 3.42. The third-order valence-corrected chi connectivity index (χ3v) is 4.57. The fourth-order valence-electron chi connectivity index (χ4n) is 3.17. The lowest BCUT2D eigenvalue weighted by molar-refractivity contribution is -0.140. The Kier molecular flexibility index (Phi) is 5.99. The Bertz CT molecular complexity index is 367. The van der Waals surface area contributed by atoms with Crippen LogP contribution in [0.25, 0.3) is 0 Å². The molecule has 120 valence electrons. The molecule has 0 bridgehead atoms. The molecule has 21 heavy (non-hydrogen) atoms. The van der Waals surface area contributed by atoms with Gasteiger partial charge in [-0.1, -0.05) is 0 Å². The minimum absolute atomic E-state index is 0.0934. The molecule has 0 unspecified atom stereocenters. The monoisotopic (exact) mass is 297 g/mol. The van der Waals surface area contributed by atoms with Crippen LogP contribution in [0, 0.1) is 0 Å². The molecule has 6 heteroatoms. The largest absolute Gasteiger partial charge is 0.469 e. The Morgan fingerprint density at radius 3 is 2.43 bits per heavy atom. The van der Waals surface area contributed by atoms with Crippen LogP contribution in [0.3, 0.4) is 0 Å². The Balaban J connectivity index is 1.68. The van der Waals surface area contributed by atoms with Crippen LogP contribution < -0.4 is 0 Å². The molecule has 0 N–H and O–H groups in total. The van der Waals surface area contributed by atoms with Crippen molar-refractivity contribution in [3.05, 3.63) is 0 Å². The van der Waals surface area contributed by atoms with Crippen molar-refractivity contribution in [3.63, 3.8) is 0 Å². The first-order valence-electron chi connectivity index (χ1n) is 7.90. The van der Waals surface area contributed by atoms with Gasteiger partial charge in [0.1, 0.15) is 0 Å². The molecule has 2 saturated heterocycles. The van der Waals surface area contributed by atoms with E-state index in [4.69, 9.17) is 0 Å². The fraction of sp³-hybridized carbons (Fsp3) is 0.867. The van der Waals surface area contributed by atoms with E-state index in [1.165, 1.54) is 7.11 Å². The van der Waals surface area contributed by atoms with Crippen LogP contribution in [0.2, 0.25) is 0 Å². The molecule has 0 aromatic carbocycles. The molecule has 6 nitrogen and oxygen atoms in total. The average molecular weight is 297 g/mol. The molecule has 0 aromatic rings. The molecule has 1 atom stereocenters. The number of carbonyl (C=O) groups excluding carboxylic acids is 2. The van der Waals surface area contributed by atoms with Crippen molar-refractivity contribution in [1.29, 1.82) is 0 Å². The molecule has 2 rings (SSSR count). The van der Waals surface area contributed by atoms with E-state index in [0.29, 0.717) is 12.3 Å². The molecule has 0 saturated carbocycles. The lowest BCUT2D eigenvalue weighted by Crippen LogP contribution is -2.53. The SMILES string of the molecule is COC(=O)CCCN1CCN(C(=O)[C@@H]2CCCN2C)CC1. The van der Waals surface area contributed by atoms with Gasteiger partial charge in [-0.3, -0.25) is 19.4 Å². The number of likely N-dealkylation sites (tertiary alicyclic amines) is 1. The third kappa shape index (κ3) is 4.41. The van der Waals surface area contributed by atoms with Crippen molar-refractivity contribution in [1.82, 2.24) is 14.7 Å². The molecule has 0 radical (unpaired) electrons. The van der Waals surface area contributed by atoms with Crippen molar-refractivity contribution in [2.24, 2.45) is 0 Å². The van der Waals surface area contributed by atoms with Gasteiger partial charge in [-0.2, -0.15) is 0 Å². The van der Waals surface area contributed by atoms with Crippen LogP contribution in [-0.4, -0.2) is 86.0 Å². The first kappa shape index (κ1) is 16.2. The number of hydrogen-bond acceptors (Lipinski definition) is 5. The maximum Gasteiger partial charge on any atom is 0.305 e. The summed E-state index contributed by atoms with van der Waals surface area (Å²) in [5.41, 5.74) is 0. The summed E-state index contributed by atoms with van der Waals surface area (Å²) in [6, 6.07) is 0.0934. The number of hydrogen-bond donors (Lipinski definition) is 0. The van der Waals surface area contributed by atoms with Gasteiger partial charge in [0.05, 0.1) is 13.2 Å². The van der Waals surface area contributed by atoms with Crippen LogP contribution in [0.1, 0.15) is 25.7 Å². The second-order valence-electron chi connectivity index (χ2n) is 5.99. The van der Waals surface area contributed by atoms with Crippen molar-refractivity contribution in [2.45, 2.75) is 31.7 Å². The summed E-state index contributed by atoms with van der Waals surface area (Å²) < 4.78 is 4.64. The highest BCUT2D eigenvalue weighted by Crippen LogP contribution is 2.18. The molecule has 0 aromatic heterocycles. The van der Waals surface area contributed by atoms with E-state index < -0.39 is 0 Å². The Morgan fingerprint density at radius 1 is 1.14 bits per heavy atom. The number of methoxy groups -OCH3 is 1. The second kappa shape index (κ2) is 7.75. The highest BCUT2D eigenvalue weighted by atomic mass is 16.5. The zero-order valence-corrected chi connectivity index (χ0v) is 13.2. The maximum atomic E-state index is 12.5. The van der Waals surface area contributed by atoms with Gasteiger partial charge in [-0.25, -0.2) is 0 Å². The first-order valence-corrected chi connectivity index (χ1v) is 7.90. The van der Waals surface area contributed by atoms with Gasteiger partial charge in [0.25, 0.3) is 0 Å². The summed E-state index contributed by atoms with van der Waals surface area (Å²) in [6.45, 7) is 5.36. The predicted octanol–water partition coefficient (Wildman–Crippen LogP) is 0.178. The van der Waals surface area contributed by atoms with Crippen LogP contribution >= 0.6 is 0 Å². The summed E-state index contributed by atoms with van der Waals surface area (Å²) >= 11 is 0. The number of ether oxygens (including phenoxy) is 1. The molecular formula is C15H27N3O3. The molecule has 2 aliphatic heterocycles. The van der Waals surface area contributed by atoms with Gasteiger partial charge in [0.2, 0.25) is 5.91 Å². The van der Waals surface area contributed by atoms with E-state index in [2.05, 4.69) is 14.5 Å². The van der Waals surface area contributed by atoms with Crippen LogP contribution in [-0.2, 0) is 14.3 Å². The minimum Gasteiger partial charge on any atom is -0.469 e. The standard InChI is InChI=1S/C15H27N3O3/c1-16-7-3-5-13(16)15(20)18-11-9-17(10-12-18)8-4-6-14(19)21-2/h13H,3-12H2,1-2H3/t13-/m0/s1. The van der Waals surface area contributed by atoms with Gasteiger partial charge in [0, 0.05) is 32.6 Å². The highest BCUT2D eigenvalue weighted by molar-refractivity contribution is 5.82. The molecular weight excluding hydrogens is 270 g/mol. The Labute approximate surface area is 127 Å². The smallest absolute Gasteiger partial charge is 0.305 e. The minimum atomic E-state index is -0.145. The van der Waals surface area contributed by atoms with Gasteiger partial charge >= 0.3 is 5.97 Å². The van der Waals surface area contributed by atoms with Crippen molar-refractivity contribution >= 4 is 11.9 Å². The Morgan fingerprint density at radius 2 is 1.86 bits per heavy atom. The van der Waals surface area contributed by atoms with E-state index in [-0.39, 0.29) is 12.0 Å². The maximum absolute atomic E-state index is 12.5. The number of esters is 1. The van der Waals surface area contributed by atoms with E-state index in [9.17, 15) is 9.59 Å². The summed E-state index contributed by atoms with van der Waals surface area (Å²) in [7, 11) is 3.46. The molecule has 2 fully saturated rings. The molecule has 1 amide bonds. The number of piperazine rings is 1. The number of likely N-dealkylation sites (N-methyl/N-ethyl adjacent to an activating group) is 1. The fourth-order valence-corrected chi connectivity index (χ4v) is 3.17. The van der Waals surface area contributed by atoms with Crippen molar-refractivity contribution < 1.29 is 14.3 Å². The zero-order valence-electron chi connectivity index (χ0n) is 13.2. The summed E-state index contributed by atoms with van der Waals surface area (Å²) in [4.78, 5) is 30.0. The predicted molar refractivity (Wildman–Crippen MR) is 79.9 cm³/mol. The lowest BCUT2D eigenvalue weighted by atomic mass is 10.1. The van der Waals surface area contributed by atoms with Gasteiger partial charge in [-0.05, 0) is 39.4 Å². The van der Waals surface area contributed by atoms with E-state index >= 15 is 0 Å². The van der Waals surface area contributed by atoms with Gasteiger partial charge < -0.3 is 9.64 Å². The number of nitrogens with zero attached hydrogens (tertiary/aromatic N) is 3. The summed E-state index contributed by atoms with van der Waals surface area (Å²) in [5, 5.41) is 0. The molecule has 0 spiro atoms. The van der Waals surface area contributed by atoms with Gasteiger partial charge in [0.15, 0.2) is 0 Å². The second-order valence-corrected chi connectivity index (χ2v) is 5.99. The van der Waals surface area contributed by atoms with E-state index in [1.54, 1.807) is 0 Å². The quantitative estimate of drug-likeness (QED) is 0.678. The van der Waals surface area contributed by atoms with Crippen molar-refractivity contribution in [2.75, 3.05) is 53.4 Å². The first-order chi connectivity index (χ1) is 10.1.